The van der Waals surface area contributed by atoms with E-state index in [1.54, 1.807) is 6.20 Å². The van der Waals surface area contributed by atoms with Crippen LogP contribution in [0.2, 0.25) is 0 Å². The fourth-order valence-electron chi connectivity index (χ4n) is 2.19. The van der Waals surface area contributed by atoms with E-state index in [0.717, 1.165) is 30.4 Å². The van der Waals surface area contributed by atoms with E-state index in [0.29, 0.717) is 4.99 Å². The molecular weight excluding hydrogens is 230 g/mol. The van der Waals surface area contributed by atoms with Gasteiger partial charge in [0, 0.05) is 19.3 Å². The summed E-state index contributed by atoms with van der Waals surface area (Å²) >= 11 is 5.08. The summed E-state index contributed by atoms with van der Waals surface area (Å²) in [7, 11) is 0. The van der Waals surface area contributed by atoms with E-state index < -0.39 is 0 Å². The van der Waals surface area contributed by atoms with Crippen LogP contribution in [-0.4, -0.2) is 23.1 Å². The molecule has 1 aliphatic rings. The van der Waals surface area contributed by atoms with E-state index in [-0.39, 0.29) is 0 Å². The van der Waals surface area contributed by atoms with Crippen molar-refractivity contribution in [1.82, 2.24) is 4.98 Å². The second-order valence-electron chi connectivity index (χ2n) is 4.57. The summed E-state index contributed by atoms with van der Waals surface area (Å²) in [6, 6.07) is 3.84. The Hall–Kier alpha value is -1.16. The third-order valence-electron chi connectivity index (χ3n) is 3.44. The number of aromatic nitrogens is 1. The third-order valence-corrected chi connectivity index (χ3v) is 3.66. The average Bonchev–Trinajstić information content (AvgIpc) is 2.28. The highest BCUT2D eigenvalue weighted by Gasteiger charge is 2.22. The Balaban J connectivity index is 2.19. The summed E-state index contributed by atoms with van der Waals surface area (Å²) in [5.74, 6) is 1.76. The zero-order valence-electron chi connectivity index (χ0n) is 10.2. The smallest absolute Gasteiger partial charge is 0.138 e. The largest absolute Gasteiger partial charge is 0.389 e. The molecule has 0 amide bonds. The molecule has 1 aromatic heterocycles. The lowest BCUT2D eigenvalue weighted by molar-refractivity contribution is 0.318. The number of thiocarbonyl (C=S) groups is 1. The second kappa shape index (κ2) is 5.45. The van der Waals surface area contributed by atoms with E-state index >= 15 is 0 Å². The van der Waals surface area contributed by atoms with E-state index in [1.165, 1.54) is 19.3 Å². The molecule has 1 aromatic rings. The number of rotatable bonds is 5. The average molecular weight is 249 g/mol. The van der Waals surface area contributed by atoms with Crippen LogP contribution in [0.3, 0.4) is 0 Å². The number of nitrogens with zero attached hydrogens (tertiary/aromatic N) is 2. The Bertz CT molecular complexity index is 401. The van der Waals surface area contributed by atoms with Gasteiger partial charge in [-0.15, -0.1) is 0 Å². The highest BCUT2D eigenvalue weighted by atomic mass is 32.1. The van der Waals surface area contributed by atoms with Crippen molar-refractivity contribution in [3.8, 4) is 0 Å². The summed E-state index contributed by atoms with van der Waals surface area (Å²) in [6.45, 7) is 4.17. The number of nitrogens with two attached hydrogens (primary N) is 1. The first kappa shape index (κ1) is 12.3. The van der Waals surface area contributed by atoms with Crippen molar-refractivity contribution >= 4 is 23.0 Å². The van der Waals surface area contributed by atoms with Crippen molar-refractivity contribution in [1.29, 1.82) is 0 Å². The molecule has 0 unspecified atom stereocenters. The molecule has 2 rings (SSSR count). The van der Waals surface area contributed by atoms with Crippen LogP contribution in [0.15, 0.2) is 18.3 Å². The highest BCUT2D eigenvalue weighted by Crippen LogP contribution is 2.29. The molecular formula is C13H19N3S. The third kappa shape index (κ3) is 2.75. The fraction of sp³-hybridized carbons (Fsp3) is 0.538. The maximum absolute atomic E-state index is 5.75. The number of anilines is 1. The van der Waals surface area contributed by atoms with Crippen LogP contribution in [0.5, 0.6) is 0 Å². The van der Waals surface area contributed by atoms with Crippen LogP contribution in [-0.2, 0) is 0 Å². The molecule has 3 nitrogen and oxygen atoms in total. The molecule has 17 heavy (non-hydrogen) atoms. The second-order valence-corrected chi connectivity index (χ2v) is 5.01. The molecule has 1 saturated carbocycles. The van der Waals surface area contributed by atoms with Gasteiger partial charge in [0.1, 0.15) is 10.8 Å². The van der Waals surface area contributed by atoms with Crippen LogP contribution in [0.1, 0.15) is 31.7 Å². The van der Waals surface area contributed by atoms with E-state index in [9.17, 15) is 0 Å². The van der Waals surface area contributed by atoms with Crippen LogP contribution in [0.4, 0.5) is 5.82 Å². The standard InChI is InChI=1S/C13H19N3S/c1-2-16(9-10-5-3-6-10)13-11(12(14)17)7-4-8-15-13/h4,7-8,10H,2-3,5-6,9H2,1H3,(H2,14,17). The van der Waals surface area contributed by atoms with Gasteiger partial charge >= 0.3 is 0 Å². The first-order chi connectivity index (χ1) is 8.22. The first-order valence-corrected chi connectivity index (χ1v) is 6.63. The summed E-state index contributed by atoms with van der Waals surface area (Å²) in [5.41, 5.74) is 6.64. The van der Waals surface area contributed by atoms with Gasteiger partial charge in [-0.3, -0.25) is 0 Å². The molecule has 0 spiro atoms. The Morgan fingerprint density at radius 3 is 2.88 bits per heavy atom. The quantitative estimate of drug-likeness (QED) is 0.813. The predicted octanol–water partition coefficient (Wildman–Crippen LogP) is 2.34. The summed E-state index contributed by atoms with van der Waals surface area (Å²) in [4.78, 5) is 7.16. The number of hydrogen-bond acceptors (Lipinski definition) is 3. The first-order valence-electron chi connectivity index (χ1n) is 6.22. The van der Waals surface area contributed by atoms with Gasteiger partial charge in [-0.2, -0.15) is 0 Å². The van der Waals surface area contributed by atoms with Crippen molar-refractivity contribution in [3.05, 3.63) is 23.9 Å². The van der Waals surface area contributed by atoms with Crippen LogP contribution in [0.25, 0.3) is 0 Å². The molecule has 1 fully saturated rings. The SMILES string of the molecule is CCN(CC1CCC1)c1ncccc1C(N)=S. The maximum atomic E-state index is 5.75. The van der Waals surface area contributed by atoms with Crippen LogP contribution < -0.4 is 10.6 Å². The highest BCUT2D eigenvalue weighted by molar-refractivity contribution is 7.80. The Kier molecular flexibility index (Phi) is 3.94. The van der Waals surface area contributed by atoms with Gasteiger partial charge in [-0.1, -0.05) is 18.6 Å². The normalized spacial score (nSPS) is 15.4. The zero-order chi connectivity index (χ0) is 12.3. The molecule has 0 atom stereocenters. The topological polar surface area (TPSA) is 42.2 Å². The molecule has 0 saturated heterocycles. The molecule has 0 bridgehead atoms. The van der Waals surface area contributed by atoms with Crippen molar-refractivity contribution in [3.63, 3.8) is 0 Å². The summed E-state index contributed by atoms with van der Waals surface area (Å²) in [5, 5.41) is 0. The maximum Gasteiger partial charge on any atom is 0.138 e. The van der Waals surface area contributed by atoms with Crippen molar-refractivity contribution < 1.29 is 0 Å². The molecule has 1 aliphatic carbocycles. The Labute approximate surface area is 108 Å². The Morgan fingerprint density at radius 2 is 2.35 bits per heavy atom. The van der Waals surface area contributed by atoms with E-state index in [2.05, 4.69) is 16.8 Å². The van der Waals surface area contributed by atoms with Crippen LogP contribution in [0, 0.1) is 5.92 Å². The lowest BCUT2D eigenvalue weighted by Crippen LogP contribution is -2.34. The van der Waals surface area contributed by atoms with E-state index in [1.807, 2.05) is 12.1 Å². The number of pyridine rings is 1. The minimum Gasteiger partial charge on any atom is -0.389 e. The molecule has 1 heterocycles. The molecule has 0 aromatic carbocycles. The number of hydrogen-bond donors (Lipinski definition) is 1. The fourth-order valence-corrected chi connectivity index (χ4v) is 2.35. The van der Waals surface area contributed by atoms with Gasteiger partial charge in [0.05, 0.1) is 5.56 Å². The van der Waals surface area contributed by atoms with Gasteiger partial charge in [0.25, 0.3) is 0 Å². The molecule has 2 N–H and O–H groups in total. The summed E-state index contributed by atoms with van der Waals surface area (Å²) < 4.78 is 0. The summed E-state index contributed by atoms with van der Waals surface area (Å²) in [6.07, 6.45) is 5.85. The lowest BCUT2D eigenvalue weighted by Gasteiger charge is -2.33. The minimum atomic E-state index is 0.431. The molecule has 0 radical (unpaired) electrons. The van der Waals surface area contributed by atoms with Crippen molar-refractivity contribution in [2.24, 2.45) is 11.7 Å². The van der Waals surface area contributed by atoms with Gasteiger partial charge < -0.3 is 10.6 Å². The van der Waals surface area contributed by atoms with Gasteiger partial charge in [-0.25, -0.2) is 4.98 Å². The zero-order valence-corrected chi connectivity index (χ0v) is 11.0. The van der Waals surface area contributed by atoms with Crippen molar-refractivity contribution in [2.45, 2.75) is 26.2 Å². The molecule has 4 heteroatoms. The lowest BCUT2D eigenvalue weighted by atomic mass is 9.85. The van der Waals surface area contributed by atoms with Crippen LogP contribution >= 0.6 is 12.2 Å². The molecule has 0 aliphatic heterocycles. The monoisotopic (exact) mass is 249 g/mol. The van der Waals surface area contributed by atoms with E-state index in [4.69, 9.17) is 18.0 Å². The van der Waals surface area contributed by atoms with Gasteiger partial charge in [0.15, 0.2) is 0 Å². The van der Waals surface area contributed by atoms with Crippen molar-refractivity contribution in [2.75, 3.05) is 18.0 Å². The predicted molar refractivity (Wildman–Crippen MR) is 75.4 cm³/mol. The Morgan fingerprint density at radius 1 is 1.59 bits per heavy atom. The minimum absolute atomic E-state index is 0.431. The molecule has 92 valence electrons. The van der Waals surface area contributed by atoms with Gasteiger partial charge in [-0.05, 0) is 37.8 Å². The van der Waals surface area contributed by atoms with Gasteiger partial charge in [0.2, 0.25) is 0 Å².